The molecule has 1 N–H and O–H groups in total. The van der Waals surface area contributed by atoms with Crippen LogP contribution in [0, 0.1) is 11.7 Å². The molecule has 1 aliphatic rings. The molecule has 1 aromatic carbocycles. The summed E-state index contributed by atoms with van der Waals surface area (Å²) < 4.78 is 13.9. The van der Waals surface area contributed by atoms with Crippen LogP contribution in [0.4, 0.5) is 4.39 Å². The molecule has 2 rings (SSSR count). The third-order valence-electron chi connectivity index (χ3n) is 3.92. The van der Waals surface area contributed by atoms with Crippen LogP contribution in [0.15, 0.2) is 22.7 Å². The maximum Gasteiger partial charge on any atom is 0.252 e. The summed E-state index contributed by atoms with van der Waals surface area (Å²) in [5.41, 5.74) is 0.375. The minimum atomic E-state index is -0.385. The van der Waals surface area contributed by atoms with Crippen LogP contribution in [0.25, 0.3) is 0 Å². The molecule has 0 spiro atoms. The smallest absolute Gasteiger partial charge is 0.252 e. The highest BCUT2D eigenvalue weighted by Crippen LogP contribution is 2.27. The number of benzene rings is 1. The van der Waals surface area contributed by atoms with Crippen LogP contribution in [0.5, 0.6) is 0 Å². The zero-order valence-corrected chi connectivity index (χ0v) is 12.7. The van der Waals surface area contributed by atoms with Crippen LogP contribution in [0.2, 0.25) is 0 Å². The number of hydrogen-bond acceptors (Lipinski definition) is 1. The maximum absolute atomic E-state index is 13.2. The van der Waals surface area contributed by atoms with E-state index < -0.39 is 0 Å². The summed E-state index contributed by atoms with van der Waals surface area (Å²) in [5, 5.41) is 3.07. The molecule has 2 unspecified atom stereocenters. The number of carbonyl (C=O) groups excluding carboxylic acids is 1. The molecule has 0 radical (unpaired) electrons. The van der Waals surface area contributed by atoms with E-state index in [1.54, 1.807) is 6.07 Å². The Morgan fingerprint density at radius 2 is 2.16 bits per heavy atom. The molecule has 2 nitrogen and oxygen atoms in total. The average molecular weight is 328 g/mol. The Balaban J connectivity index is 2.09. The van der Waals surface area contributed by atoms with Crippen molar-refractivity contribution in [3.63, 3.8) is 0 Å². The number of hydrogen-bond donors (Lipinski definition) is 1. The zero-order chi connectivity index (χ0) is 13.8. The Kier molecular flexibility index (Phi) is 4.97. The topological polar surface area (TPSA) is 29.1 Å². The molecule has 1 aliphatic carbocycles. The van der Waals surface area contributed by atoms with E-state index in [1.165, 1.54) is 25.0 Å². The first kappa shape index (κ1) is 14.5. The molecule has 0 heterocycles. The Morgan fingerprint density at radius 3 is 2.89 bits per heavy atom. The van der Waals surface area contributed by atoms with Gasteiger partial charge in [0.25, 0.3) is 5.91 Å². The minimum Gasteiger partial charge on any atom is -0.349 e. The van der Waals surface area contributed by atoms with Gasteiger partial charge in [0.05, 0.1) is 5.56 Å². The van der Waals surface area contributed by atoms with Crippen molar-refractivity contribution in [3.05, 3.63) is 34.1 Å². The lowest BCUT2D eigenvalue weighted by Gasteiger charge is -2.31. The van der Waals surface area contributed by atoms with Crippen molar-refractivity contribution in [3.8, 4) is 0 Å². The van der Waals surface area contributed by atoms with Gasteiger partial charge in [-0.2, -0.15) is 0 Å². The molecule has 4 heteroatoms. The van der Waals surface area contributed by atoms with Crippen molar-refractivity contribution < 1.29 is 9.18 Å². The molecule has 0 saturated heterocycles. The van der Waals surface area contributed by atoms with E-state index >= 15 is 0 Å². The summed E-state index contributed by atoms with van der Waals surface area (Å²) >= 11 is 3.30. The fraction of sp³-hybridized carbons (Fsp3) is 0.533. The van der Waals surface area contributed by atoms with E-state index in [1.807, 2.05) is 0 Å². The monoisotopic (exact) mass is 327 g/mol. The predicted molar refractivity (Wildman–Crippen MR) is 77.6 cm³/mol. The molecule has 1 amide bonds. The van der Waals surface area contributed by atoms with Crippen LogP contribution < -0.4 is 5.32 Å². The fourth-order valence-electron chi connectivity index (χ4n) is 2.80. The van der Waals surface area contributed by atoms with Gasteiger partial charge < -0.3 is 5.32 Å². The summed E-state index contributed by atoms with van der Waals surface area (Å²) in [7, 11) is 0. The molecule has 1 fully saturated rings. The third kappa shape index (κ3) is 3.56. The number of carbonyl (C=O) groups is 1. The summed E-state index contributed by atoms with van der Waals surface area (Å²) in [4.78, 5) is 12.2. The Labute approximate surface area is 121 Å². The van der Waals surface area contributed by atoms with E-state index in [9.17, 15) is 9.18 Å². The van der Waals surface area contributed by atoms with Gasteiger partial charge in [0.15, 0.2) is 0 Å². The maximum atomic E-state index is 13.2. The first-order chi connectivity index (χ1) is 9.11. The Bertz CT molecular complexity index is 463. The Hall–Kier alpha value is -0.900. The largest absolute Gasteiger partial charge is 0.349 e. The molecule has 1 aromatic rings. The van der Waals surface area contributed by atoms with Gasteiger partial charge in [0, 0.05) is 10.5 Å². The quantitative estimate of drug-likeness (QED) is 0.881. The Morgan fingerprint density at radius 1 is 1.42 bits per heavy atom. The number of halogens is 2. The fourth-order valence-corrected chi connectivity index (χ4v) is 3.23. The van der Waals surface area contributed by atoms with Gasteiger partial charge in [0.1, 0.15) is 5.82 Å². The highest BCUT2D eigenvalue weighted by molar-refractivity contribution is 9.10. The van der Waals surface area contributed by atoms with Crippen LogP contribution in [-0.4, -0.2) is 11.9 Å². The first-order valence-corrected chi connectivity index (χ1v) is 7.67. The van der Waals surface area contributed by atoms with Crippen LogP contribution in [0.1, 0.15) is 49.4 Å². The molecule has 2 atom stereocenters. The van der Waals surface area contributed by atoms with E-state index in [2.05, 4.69) is 28.2 Å². The van der Waals surface area contributed by atoms with Gasteiger partial charge in [-0.05, 0) is 52.9 Å². The summed E-state index contributed by atoms with van der Waals surface area (Å²) in [6.07, 6.45) is 5.68. The van der Waals surface area contributed by atoms with Crippen LogP contribution in [-0.2, 0) is 0 Å². The van der Waals surface area contributed by atoms with E-state index in [0.717, 1.165) is 19.3 Å². The predicted octanol–water partition coefficient (Wildman–Crippen LogP) is 4.29. The summed E-state index contributed by atoms with van der Waals surface area (Å²) in [6, 6.07) is 4.42. The standard InChI is InChI=1S/C15H19BrFNO/c1-2-10-5-3-4-6-14(10)18-15(19)12-9-11(17)7-8-13(12)16/h7-10,14H,2-6H2,1H3,(H,18,19). The van der Waals surface area contributed by atoms with Gasteiger partial charge in [-0.1, -0.05) is 26.2 Å². The van der Waals surface area contributed by atoms with Crippen molar-refractivity contribution in [1.82, 2.24) is 5.32 Å². The third-order valence-corrected chi connectivity index (χ3v) is 4.61. The van der Waals surface area contributed by atoms with Gasteiger partial charge in [-0.15, -0.1) is 0 Å². The average Bonchev–Trinajstić information content (AvgIpc) is 2.42. The first-order valence-electron chi connectivity index (χ1n) is 6.87. The summed E-state index contributed by atoms with van der Waals surface area (Å²) in [6.45, 7) is 2.16. The van der Waals surface area contributed by atoms with E-state index in [0.29, 0.717) is 16.0 Å². The SMILES string of the molecule is CCC1CCCCC1NC(=O)c1cc(F)ccc1Br. The second kappa shape index (κ2) is 6.51. The van der Waals surface area contributed by atoms with Crippen molar-refractivity contribution in [2.24, 2.45) is 5.92 Å². The van der Waals surface area contributed by atoms with E-state index in [4.69, 9.17) is 0 Å². The highest BCUT2D eigenvalue weighted by Gasteiger charge is 2.25. The molecule has 1 saturated carbocycles. The molecular weight excluding hydrogens is 309 g/mol. The number of nitrogens with one attached hydrogen (secondary N) is 1. The molecule has 0 aliphatic heterocycles. The van der Waals surface area contributed by atoms with Crippen molar-refractivity contribution >= 4 is 21.8 Å². The van der Waals surface area contributed by atoms with Crippen molar-refractivity contribution in [1.29, 1.82) is 0 Å². The van der Waals surface area contributed by atoms with Gasteiger partial charge >= 0.3 is 0 Å². The van der Waals surface area contributed by atoms with Crippen LogP contribution in [0.3, 0.4) is 0 Å². The zero-order valence-electron chi connectivity index (χ0n) is 11.1. The second-order valence-electron chi connectivity index (χ2n) is 5.16. The van der Waals surface area contributed by atoms with E-state index in [-0.39, 0.29) is 17.8 Å². The second-order valence-corrected chi connectivity index (χ2v) is 6.01. The lowest BCUT2D eigenvalue weighted by atomic mass is 9.83. The number of rotatable bonds is 3. The lowest BCUT2D eigenvalue weighted by Crippen LogP contribution is -2.42. The summed E-state index contributed by atoms with van der Waals surface area (Å²) in [5.74, 6) is -0.0224. The lowest BCUT2D eigenvalue weighted by molar-refractivity contribution is 0.0903. The van der Waals surface area contributed by atoms with Gasteiger partial charge in [0.2, 0.25) is 0 Å². The molecular formula is C15H19BrFNO. The van der Waals surface area contributed by atoms with Crippen molar-refractivity contribution in [2.45, 2.75) is 45.1 Å². The van der Waals surface area contributed by atoms with Crippen molar-refractivity contribution in [2.75, 3.05) is 0 Å². The molecule has 104 valence electrons. The number of amides is 1. The minimum absolute atomic E-state index is 0.184. The molecule has 0 bridgehead atoms. The molecule has 0 aromatic heterocycles. The van der Waals surface area contributed by atoms with Gasteiger partial charge in [-0.25, -0.2) is 4.39 Å². The molecule has 19 heavy (non-hydrogen) atoms. The van der Waals surface area contributed by atoms with Gasteiger partial charge in [-0.3, -0.25) is 4.79 Å². The highest BCUT2D eigenvalue weighted by atomic mass is 79.9. The van der Waals surface area contributed by atoms with Crippen LogP contribution >= 0.6 is 15.9 Å². The normalized spacial score (nSPS) is 23.1.